The molecule has 0 spiro atoms. The van der Waals surface area contributed by atoms with Crippen LogP contribution in [0.15, 0.2) is 73.1 Å². The third-order valence-electron chi connectivity index (χ3n) is 7.50. The van der Waals surface area contributed by atoms with Crippen molar-refractivity contribution in [2.75, 3.05) is 0 Å². The van der Waals surface area contributed by atoms with Gasteiger partial charge in [0.2, 0.25) is 5.13 Å². The second kappa shape index (κ2) is 10.9. The first kappa shape index (κ1) is 26.4. The van der Waals surface area contributed by atoms with Crippen LogP contribution in [-0.2, 0) is 13.1 Å². The quantitative estimate of drug-likeness (QED) is 0.181. The molecule has 6 heteroatoms. The fourth-order valence-corrected chi connectivity index (χ4v) is 6.50. The van der Waals surface area contributed by atoms with Crippen molar-refractivity contribution in [3.05, 3.63) is 94.3 Å². The summed E-state index contributed by atoms with van der Waals surface area (Å²) in [5, 5.41) is 1.15. The number of unbranched alkanes of at least 4 members (excludes halogenated alkanes) is 2. The van der Waals surface area contributed by atoms with Crippen LogP contribution in [0.25, 0.3) is 21.8 Å². The van der Waals surface area contributed by atoms with Gasteiger partial charge in [-0.3, -0.25) is 0 Å². The van der Waals surface area contributed by atoms with Crippen molar-refractivity contribution in [1.29, 1.82) is 0 Å². The van der Waals surface area contributed by atoms with Crippen LogP contribution in [0.4, 0.5) is 4.39 Å². The number of hydrogen-bond donors (Lipinski definition) is 0. The van der Waals surface area contributed by atoms with Gasteiger partial charge in [-0.2, -0.15) is 0 Å². The number of fused-ring (bicyclic) bond motifs is 2. The summed E-state index contributed by atoms with van der Waals surface area (Å²) in [6.07, 6.45) is 15.4. The van der Waals surface area contributed by atoms with E-state index in [9.17, 15) is 0 Å². The Kier molecular flexibility index (Phi) is 7.77. The third kappa shape index (κ3) is 4.87. The van der Waals surface area contributed by atoms with Crippen LogP contribution in [0.3, 0.4) is 0 Å². The van der Waals surface area contributed by atoms with E-state index < -0.39 is 17.0 Å². The van der Waals surface area contributed by atoms with E-state index in [0.29, 0.717) is 10.0 Å². The highest BCUT2D eigenvalue weighted by atomic mass is 35.5. The predicted octanol–water partition coefficient (Wildman–Crippen LogP) is 10.3. The lowest BCUT2D eigenvalue weighted by atomic mass is 9.76. The summed E-state index contributed by atoms with van der Waals surface area (Å²) in [4.78, 5) is 0. The van der Waals surface area contributed by atoms with E-state index in [2.05, 4.69) is 47.5 Å². The molecule has 2 atom stereocenters. The molecule has 0 saturated heterocycles. The topological polar surface area (TPSA) is 9.86 Å². The molecule has 0 radical (unpaired) electrons. The Morgan fingerprint density at radius 2 is 1.35 bits per heavy atom. The van der Waals surface area contributed by atoms with Crippen molar-refractivity contribution in [1.82, 2.24) is 9.13 Å². The second-order valence-corrected chi connectivity index (χ2v) is 11.3. The van der Waals surface area contributed by atoms with Gasteiger partial charge < -0.3 is 9.13 Å². The van der Waals surface area contributed by atoms with Crippen LogP contribution < -0.4 is 0 Å². The van der Waals surface area contributed by atoms with E-state index in [1.807, 2.05) is 36.4 Å². The Labute approximate surface area is 233 Å². The summed E-state index contributed by atoms with van der Waals surface area (Å²) < 4.78 is 20.6. The Hall–Kier alpha value is -2.20. The maximum atomic E-state index is 16.1. The highest BCUT2D eigenvalue weighted by Gasteiger charge is 2.43. The molecule has 0 amide bonds. The van der Waals surface area contributed by atoms with Crippen molar-refractivity contribution in [2.24, 2.45) is 5.92 Å². The molecule has 0 aliphatic heterocycles. The van der Waals surface area contributed by atoms with E-state index in [4.69, 9.17) is 34.8 Å². The van der Waals surface area contributed by atoms with Gasteiger partial charge in [-0.1, -0.05) is 91.9 Å². The summed E-state index contributed by atoms with van der Waals surface area (Å²) in [6.45, 7) is 6.08. The predicted molar refractivity (Wildman–Crippen MR) is 157 cm³/mol. The van der Waals surface area contributed by atoms with Crippen molar-refractivity contribution in [3.8, 4) is 0 Å². The van der Waals surface area contributed by atoms with Crippen LogP contribution in [0.2, 0.25) is 10.0 Å². The van der Waals surface area contributed by atoms with Gasteiger partial charge in [-0.05, 0) is 54.3 Å². The maximum Gasteiger partial charge on any atom is 0.209 e. The van der Waals surface area contributed by atoms with Crippen LogP contribution in [-0.4, -0.2) is 14.3 Å². The molecule has 37 heavy (non-hydrogen) atoms. The number of aryl methyl sites for hydroxylation is 2. The number of rotatable bonds is 9. The highest BCUT2D eigenvalue weighted by Crippen LogP contribution is 2.50. The highest BCUT2D eigenvalue weighted by molar-refractivity contribution is 6.36. The first-order valence-corrected chi connectivity index (χ1v) is 14.3. The number of aromatic nitrogens is 2. The fraction of sp³-hybridized carbons (Fsp3) is 0.355. The molecular weight excluding hydrogens is 526 g/mol. The zero-order chi connectivity index (χ0) is 26.2. The Morgan fingerprint density at radius 1 is 0.838 bits per heavy atom. The van der Waals surface area contributed by atoms with E-state index in [1.54, 1.807) is 6.08 Å². The van der Waals surface area contributed by atoms with Gasteiger partial charge >= 0.3 is 0 Å². The normalized spacial score (nSPS) is 19.6. The molecule has 1 aliphatic rings. The molecule has 2 aromatic heterocycles. The number of benzene rings is 2. The zero-order valence-electron chi connectivity index (χ0n) is 21.2. The Balaban J connectivity index is 1.82. The first-order valence-electron chi connectivity index (χ1n) is 13.2. The molecule has 0 fully saturated rings. The maximum absolute atomic E-state index is 16.1. The molecule has 2 heterocycles. The van der Waals surface area contributed by atoms with E-state index in [-0.39, 0.29) is 0 Å². The molecule has 0 N–H and O–H groups in total. The minimum absolute atomic E-state index is 0.403. The molecule has 5 rings (SSSR count). The standard InChI is InChI=1S/C31H32Cl3FN2/c1-3-5-17-36-19-21(29-24(32)12-9-14-26(29)36)28(23-11-7-8-16-31(23,34)35)22-20-37(18-6-4-2)27-15-10-13-25(33)30(22)27/h7-16,19-20,23,28H,3-6,17-18H2,1-2H3. The zero-order valence-corrected chi connectivity index (χ0v) is 23.5. The summed E-state index contributed by atoms with van der Waals surface area (Å²) in [5.41, 5.74) is 4.05. The van der Waals surface area contributed by atoms with Crippen molar-refractivity contribution in [2.45, 2.75) is 63.7 Å². The van der Waals surface area contributed by atoms with Crippen LogP contribution in [0, 0.1) is 5.92 Å². The number of allylic oxidation sites excluding steroid dienone is 4. The Bertz CT molecular complexity index is 1380. The average molecular weight is 558 g/mol. The third-order valence-corrected chi connectivity index (χ3v) is 8.50. The second-order valence-electron chi connectivity index (χ2n) is 9.95. The minimum Gasteiger partial charge on any atom is -0.347 e. The van der Waals surface area contributed by atoms with E-state index in [0.717, 1.165) is 71.7 Å². The van der Waals surface area contributed by atoms with Gasteiger partial charge in [0.1, 0.15) is 0 Å². The molecular formula is C31H32Cl3FN2. The molecule has 2 aromatic carbocycles. The molecule has 0 bridgehead atoms. The molecule has 194 valence electrons. The molecule has 2 nitrogen and oxygen atoms in total. The lowest BCUT2D eigenvalue weighted by Crippen LogP contribution is -2.31. The molecule has 1 aliphatic carbocycles. The van der Waals surface area contributed by atoms with Crippen LogP contribution in [0.1, 0.15) is 56.6 Å². The number of halogens is 4. The largest absolute Gasteiger partial charge is 0.347 e. The molecule has 4 aromatic rings. The van der Waals surface area contributed by atoms with Crippen molar-refractivity contribution < 1.29 is 4.39 Å². The molecule has 2 unspecified atom stereocenters. The summed E-state index contributed by atoms with van der Waals surface area (Å²) in [6, 6.07) is 12.0. The monoisotopic (exact) mass is 556 g/mol. The summed E-state index contributed by atoms with van der Waals surface area (Å²) in [5.74, 6) is -1.05. The number of alkyl halides is 2. The van der Waals surface area contributed by atoms with Crippen LogP contribution in [0.5, 0.6) is 0 Å². The van der Waals surface area contributed by atoms with Gasteiger partial charge in [-0.15, -0.1) is 0 Å². The van der Waals surface area contributed by atoms with E-state index in [1.165, 1.54) is 6.08 Å². The SMILES string of the molecule is CCCCn1cc(C(c2cn(CCCC)c3cccc(Cl)c23)C2C=CC=CC2(F)Cl)c2c(Cl)cccc21. The smallest absolute Gasteiger partial charge is 0.209 e. The molecule has 0 saturated carbocycles. The van der Waals surface area contributed by atoms with E-state index >= 15 is 4.39 Å². The number of nitrogens with zero attached hydrogens (tertiary/aromatic N) is 2. The van der Waals surface area contributed by atoms with Gasteiger partial charge in [0.25, 0.3) is 0 Å². The van der Waals surface area contributed by atoms with Gasteiger partial charge in [0, 0.05) is 59.1 Å². The summed E-state index contributed by atoms with van der Waals surface area (Å²) >= 11 is 20.4. The first-order chi connectivity index (χ1) is 17.9. The van der Waals surface area contributed by atoms with Gasteiger partial charge in [0.05, 0.1) is 10.0 Å². The number of hydrogen-bond acceptors (Lipinski definition) is 0. The van der Waals surface area contributed by atoms with Gasteiger partial charge in [0.15, 0.2) is 0 Å². The average Bonchev–Trinajstić information content (AvgIpc) is 3.43. The van der Waals surface area contributed by atoms with Crippen molar-refractivity contribution >= 4 is 56.6 Å². The lowest BCUT2D eigenvalue weighted by molar-refractivity contribution is 0.252. The fourth-order valence-electron chi connectivity index (χ4n) is 5.67. The van der Waals surface area contributed by atoms with Crippen LogP contribution >= 0.6 is 34.8 Å². The van der Waals surface area contributed by atoms with Crippen molar-refractivity contribution in [3.63, 3.8) is 0 Å². The summed E-state index contributed by atoms with van der Waals surface area (Å²) in [7, 11) is 0. The van der Waals surface area contributed by atoms with Gasteiger partial charge in [-0.25, -0.2) is 4.39 Å². The minimum atomic E-state index is -2.06. The lowest BCUT2D eigenvalue weighted by Gasteiger charge is -2.33. The Morgan fingerprint density at radius 3 is 1.81 bits per heavy atom.